The lowest BCUT2D eigenvalue weighted by Gasteiger charge is -2.08. The van der Waals surface area contributed by atoms with Crippen molar-refractivity contribution in [2.75, 3.05) is 0 Å². The number of hydrogen-bond acceptors (Lipinski definition) is 3. The standard InChI is InChI=1S/C11H11BrO4/c1-7(13)16-9-4-2-8(3-5-9)10(12)6-11(14)15/h2-5,10H,6H2,1H3,(H,14,15). The second-order valence-electron chi connectivity index (χ2n) is 3.23. The zero-order chi connectivity index (χ0) is 12.1. The van der Waals surface area contributed by atoms with Crippen LogP contribution in [-0.2, 0) is 9.59 Å². The van der Waals surface area contributed by atoms with Gasteiger partial charge in [0.1, 0.15) is 5.75 Å². The Labute approximate surface area is 101 Å². The van der Waals surface area contributed by atoms with Gasteiger partial charge in [0.05, 0.1) is 6.42 Å². The molecule has 5 heteroatoms. The number of alkyl halides is 1. The first-order valence-corrected chi connectivity index (χ1v) is 5.55. The summed E-state index contributed by atoms with van der Waals surface area (Å²) in [7, 11) is 0. The van der Waals surface area contributed by atoms with Crippen LogP contribution in [0.4, 0.5) is 0 Å². The number of carboxylic acid groups (broad SMARTS) is 1. The van der Waals surface area contributed by atoms with E-state index in [0.29, 0.717) is 5.75 Å². The number of aliphatic carboxylic acids is 1. The van der Waals surface area contributed by atoms with Gasteiger partial charge in [-0.1, -0.05) is 28.1 Å². The summed E-state index contributed by atoms with van der Waals surface area (Å²) in [6.45, 7) is 1.33. The van der Waals surface area contributed by atoms with Gasteiger partial charge in [-0.3, -0.25) is 9.59 Å². The Kier molecular flexibility index (Phi) is 4.49. The summed E-state index contributed by atoms with van der Waals surface area (Å²) >= 11 is 3.27. The molecule has 1 atom stereocenters. The minimum Gasteiger partial charge on any atom is -0.481 e. The zero-order valence-electron chi connectivity index (χ0n) is 8.64. The van der Waals surface area contributed by atoms with E-state index in [1.807, 2.05) is 0 Å². The maximum atomic E-state index is 10.7. The monoisotopic (exact) mass is 286 g/mol. The van der Waals surface area contributed by atoms with E-state index >= 15 is 0 Å². The van der Waals surface area contributed by atoms with Crippen molar-refractivity contribution in [1.29, 1.82) is 0 Å². The fourth-order valence-electron chi connectivity index (χ4n) is 1.18. The number of rotatable bonds is 4. The maximum absolute atomic E-state index is 10.7. The summed E-state index contributed by atoms with van der Waals surface area (Å²) in [5.74, 6) is -0.800. The van der Waals surface area contributed by atoms with Gasteiger partial charge in [0.15, 0.2) is 0 Å². The Morgan fingerprint density at radius 3 is 2.38 bits per heavy atom. The van der Waals surface area contributed by atoms with Crippen molar-refractivity contribution in [3.63, 3.8) is 0 Å². The second-order valence-corrected chi connectivity index (χ2v) is 4.33. The molecule has 1 unspecified atom stereocenters. The number of benzene rings is 1. The minimum atomic E-state index is -0.870. The summed E-state index contributed by atoms with van der Waals surface area (Å²) in [6.07, 6.45) is 0.00686. The molecule has 0 fully saturated rings. The highest BCUT2D eigenvalue weighted by Crippen LogP contribution is 2.27. The van der Waals surface area contributed by atoms with E-state index in [1.54, 1.807) is 24.3 Å². The number of esters is 1. The molecular weight excluding hydrogens is 276 g/mol. The fraction of sp³-hybridized carbons (Fsp3) is 0.273. The largest absolute Gasteiger partial charge is 0.481 e. The highest BCUT2D eigenvalue weighted by molar-refractivity contribution is 9.09. The van der Waals surface area contributed by atoms with Crippen LogP contribution in [0.15, 0.2) is 24.3 Å². The minimum absolute atomic E-state index is 0.00686. The van der Waals surface area contributed by atoms with Gasteiger partial charge < -0.3 is 9.84 Å². The topological polar surface area (TPSA) is 63.6 Å². The Hall–Kier alpha value is -1.36. The SMILES string of the molecule is CC(=O)Oc1ccc(C(Br)CC(=O)O)cc1. The highest BCUT2D eigenvalue weighted by Gasteiger charge is 2.11. The molecule has 0 amide bonds. The lowest BCUT2D eigenvalue weighted by atomic mass is 10.1. The predicted octanol–water partition coefficient (Wildman–Crippen LogP) is 2.52. The van der Waals surface area contributed by atoms with Gasteiger partial charge in [-0.2, -0.15) is 0 Å². The molecule has 1 aromatic carbocycles. The number of carbonyl (C=O) groups excluding carboxylic acids is 1. The zero-order valence-corrected chi connectivity index (χ0v) is 10.2. The van der Waals surface area contributed by atoms with E-state index in [9.17, 15) is 9.59 Å². The van der Waals surface area contributed by atoms with Crippen molar-refractivity contribution >= 4 is 27.9 Å². The van der Waals surface area contributed by atoms with Gasteiger partial charge in [-0.25, -0.2) is 0 Å². The number of hydrogen-bond donors (Lipinski definition) is 1. The van der Waals surface area contributed by atoms with E-state index in [4.69, 9.17) is 9.84 Å². The molecule has 1 aromatic rings. The van der Waals surface area contributed by atoms with Crippen LogP contribution in [0.3, 0.4) is 0 Å². The lowest BCUT2D eigenvalue weighted by Crippen LogP contribution is -2.02. The first-order valence-electron chi connectivity index (χ1n) is 4.63. The molecular formula is C11H11BrO4. The van der Waals surface area contributed by atoms with Gasteiger partial charge in [-0.05, 0) is 17.7 Å². The van der Waals surface area contributed by atoms with Gasteiger partial charge >= 0.3 is 11.9 Å². The van der Waals surface area contributed by atoms with Gasteiger partial charge in [0, 0.05) is 11.8 Å². The van der Waals surface area contributed by atoms with Crippen LogP contribution in [0.25, 0.3) is 0 Å². The molecule has 0 heterocycles. The average molecular weight is 287 g/mol. The van der Waals surface area contributed by atoms with Crippen LogP contribution in [-0.4, -0.2) is 17.0 Å². The summed E-state index contributed by atoms with van der Waals surface area (Å²) in [5, 5.41) is 8.62. The van der Waals surface area contributed by atoms with Crippen LogP contribution >= 0.6 is 15.9 Å². The third kappa shape index (κ3) is 4.02. The third-order valence-electron chi connectivity index (χ3n) is 1.86. The molecule has 0 bridgehead atoms. The molecule has 0 aliphatic carbocycles. The average Bonchev–Trinajstić information content (AvgIpc) is 2.16. The smallest absolute Gasteiger partial charge is 0.308 e. The predicted molar refractivity (Wildman–Crippen MR) is 61.7 cm³/mol. The summed E-state index contributed by atoms with van der Waals surface area (Å²) in [4.78, 5) is 20.9. The van der Waals surface area contributed by atoms with Crippen LogP contribution < -0.4 is 4.74 Å². The second kappa shape index (κ2) is 5.65. The summed E-state index contributed by atoms with van der Waals surface area (Å²) in [5.41, 5.74) is 0.832. The molecule has 0 aliphatic rings. The molecule has 1 N–H and O–H groups in total. The normalized spacial score (nSPS) is 11.9. The van der Waals surface area contributed by atoms with E-state index in [0.717, 1.165) is 5.56 Å². The van der Waals surface area contributed by atoms with Crippen molar-refractivity contribution in [2.24, 2.45) is 0 Å². The molecule has 0 aromatic heterocycles. The molecule has 1 rings (SSSR count). The van der Waals surface area contributed by atoms with E-state index < -0.39 is 5.97 Å². The number of carbonyl (C=O) groups is 2. The molecule has 86 valence electrons. The van der Waals surface area contributed by atoms with Crippen LogP contribution in [0, 0.1) is 0 Å². The Morgan fingerprint density at radius 1 is 1.38 bits per heavy atom. The van der Waals surface area contributed by atoms with Crippen molar-refractivity contribution in [1.82, 2.24) is 0 Å². The van der Waals surface area contributed by atoms with Crippen molar-refractivity contribution in [2.45, 2.75) is 18.2 Å². The highest BCUT2D eigenvalue weighted by atomic mass is 79.9. The Bertz CT molecular complexity index is 385. The van der Waals surface area contributed by atoms with E-state index in [2.05, 4.69) is 15.9 Å². The third-order valence-corrected chi connectivity index (χ3v) is 2.71. The number of halogens is 1. The van der Waals surface area contributed by atoms with Crippen molar-refractivity contribution in [3.8, 4) is 5.75 Å². The van der Waals surface area contributed by atoms with Crippen LogP contribution in [0.5, 0.6) is 5.75 Å². The number of ether oxygens (including phenoxy) is 1. The Morgan fingerprint density at radius 2 is 1.94 bits per heavy atom. The first kappa shape index (κ1) is 12.7. The lowest BCUT2D eigenvalue weighted by molar-refractivity contribution is -0.137. The van der Waals surface area contributed by atoms with E-state index in [1.165, 1.54) is 6.92 Å². The van der Waals surface area contributed by atoms with Crippen LogP contribution in [0.2, 0.25) is 0 Å². The molecule has 0 saturated heterocycles. The number of carboxylic acids is 1. The van der Waals surface area contributed by atoms with Gasteiger partial charge in [-0.15, -0.1) is 0 Å². The molecule has 0 saturated carbocycles. The van der Waals surface area contributed by atoms with E-state index in [-0.39, 0.29) is 17.2 Å². The molecule has 16 heavy (non-hydrogen) atoms. The fourth-order valence-corrected chi connectivity index (χ4v) is 1.76. The summed E-state index contributed by atoms with van der Waals surface area (Å²) < 4.78 is 4.86. The maximum Gasteiger partial charge on any atom is 0.308 e. The van der Waals surface area contributed by atoms with Crippen molar-refractivity contribution < 1.29 is 19.4 Å². The van der Waals surface area contributed by atoms with Crippen molar-refractivity contribution in [3.05, 3.63) is 29.8 Å². The molecule has 4 nitrogen and oxygen atoms in total. The first-order chi connectivity index (χ1) is 7.49. The molecule has 0 aliphatic heterocycles. The van der Waals surface area contributed by atoms with Gasteiger partial charge in [0.2, 0.25) is 0 Å². The summed E-state index contributed by atoms with van der Waals surface area (Å²) in [6, 6.07) is 6.71. The quantitative estimate of drug-likeness (QED) is 0.525. The molecule has 0 radical (unpaired) electrons. The van der Waals surface area contributed by atoms with Gasteiger partial charge in [0.25, 0.3) is 0 Å². The Balaban J connectivity index is 2.70. The van der Waals surface area contributed by atoms with Crippen LogP contribution in [0.1, 0.15) is 23.7 Å². The molecule has 0 spiro atoms.